The van der Waals surface area contributed by atoms with Gasteiger partial charge in [-0.3, -0.25) is 9.20 Å². The lowest BCUT2D eigenvalue weighted by Gasteiger charge is -2.07. The van der Waals surface area contributed by atoms with Crippen LogP contribution in [0.25, 0.3) is 27.9 Å². The van der Waals surface area contributed by atoms with Gasteiger partial charge in [-0.2, -0.15) is 5.26 Å². The summed E-state index contributed by atoms with van der Waals surface area (Å²) in [6.45, 7) is 3.84. The lowest BCUT2D eigenvalue weighted by atomic mass is 10.0. The molecular weight excluding hydrogens is 320 g/mol. The number of fused-ring (bicyclic) bond motifs is 3. The summed E-state index contributed by atoms with van der Waals surface area (Å²) in [5, 5.41) is 12.5. The summed E-state index contributed by atoms with van der Waals surface area (Å²) in [4.78, 5) is 20.9. The maximum absolute atomic E-state index is 13.2. The van der Waals surface area contributed by atoms with Gasteiger partial charge in [-0.15, -0.1) is 11.3 Å². The van der Waals surface area contributed by atoms with Gasteiger partial charge in [0, 0.05) is 5.38 Å². The van der Waals surface area contributed by atoms with E-state index >= 15 is 0 Å². The number of hydrogen-bond acceptors (Lipinski definition) is 4. The van der Waals surface area contributed by atoms with Crippen molar-refractivity contribution in [3.05, 3.63) is 56.1 Å². The molecule has 0 fully saturated rings. The Balaban J connectivity index is 2.20. The number of aryl methyl sites for hydroxylation is 1. The molecule has 3 aromatic heterocycles. The molecule has 0 atom stereocenters. The molecule has 4 rings (SSSR count). The summed E-state index contributed by atoms with van der Waals surface area (Å²) in [7, 11) is 0. The molecule has 0 amide bonds. The first kappa shape index (κ1) is 14.7. The van der Waals surface area contributed by atoms with Crippen LogP contribution in [-0.4, -0.2) is 14.4 Å². The van der Waals surface area contributed by atoms with E-state index in [-0.39, 0.29) is 5.56 Å². The average Bonchev–Trinajstić information content (AvgIpc) is 3.19. The van der Waals surface area contributed by atoms with E-state index in [4.69, 9.17) is 0 Å². The van der Waals surface area contributed by atoms with Crippen LogP contribution in [0.5, 0.6) is 0 Å². The molecule has 0 bridgehead atoms. The van der Waals surface area contributed by atoms with Crippen LogP contribution in [0, 0.1) is 18.3 Å². The Hall–Kier alpha value is -2.91. The van der Waals surface area contributed by atoms with Gasteiger partial charge in [0.25, 0.3) is 5.56 Å². The fourth-order valence-electron chi connectivity index (χ4n) is 3.06. The second-order valence-corrected chi connectivity index (χ2v) is 6.54. The third-order valence-electron chi connectivity index (χ3n) is 4.25. The van der Waals surface area contributed by atoms with E-state index in [1.54, 1.807) is 4.40 Å². The number of rotatable bonds is 2. The second kappa shape index (κ2) is 5.32. The molecule has 3 heterocycles. The van der Waals surface area contributed by atoms with E-state index in [0.29, 0.717) is 28.0 Å². The molecule has 24 heavy (non-hydrogen) atoms. The third-order valence-corrected chi connectivity index (χ3v) is 5.24. The van der Waals surface area contributed by atoms with Crippen LogP contribution >= 0.6 is 11.3 Å². The Morgan fingerprint density at radius 2 is 2.17 bits per heavy atom. The number of nitriles is 1. The number of benzene rings is 1. The number of aromatic nitrogens is 3. The van der Waals surface area contributed by atoms with Gasteiger partial charge in [0.15, 0.2) is 0 Å². The van der Waals surface area contributed by atoms with Crippen LogP contribution in [0.2, 0.25) is 0 Å². The molecule has 0 aliphatic carbocycles. The van der Waals surface area contributed by atoms with E-state index in [0.717, 1.165) is 22.5 Å². The van der Waals surface area contributed by atoms with Crippen molar-refractivity contribution in [2.75, 3.05) is 0 Å². The summed E-state index contributed by atoms with van der Waals surface area (Å²) >= 11 is 1.54. The van der Waals surface area contributed by atoms with E-state index in [9.17, 15) is 10.1 Å². The van der Waals surface area contributed by atoms with Gasteiger partial charge in [-0.1, -0.05) is 19.1 Å². The molecule has 0 spiro atoms. The number of H-pyrrole nitrogens is 1. The van der Waals surface area contributed by atoms with E-state index in [1.807, 2.05) is 43.5 Å². The Kier molecular flexibility index (Phi) is 3.25. The largest absolute Gasteiger partial charge is 0.338 e. The smallest absolute Gasteiger partial charge is 0.266 e. The number of pyridine rings is 1. The van der Waals surface area contributed by atoms with Gasteiger partial charge in [0.1, 0.15) is 11.7 Å². The molecule has 5 nitrogen and oxygen atoms in total. The van der Waals surface area contributed by atoms with Crippen LogP contribution in [0.4, 0.5) is 0 Å². The number of aromatic amines is 1. The maximum atomic E-state index is 13.2. The van der Waals surface area contributed by atoms with Gasteiger partial charge < -0.3 is 4.98 Å². The van der Waals surface area contributed by atoms with Crippen LogP contribution in [0.15, 0.2) is 34.4 Å². The van der Waals surface area contributed by atoms with Crippen molar-refractivity contribution in [2.24, 2.45) is 0 Å². The fourth-order valence-corrected chi connectivity index (χ4v) is 3.80. The molecule has 1 aromatic carbocycles. The minimum Gasteiger partial charge on any atom is -0.338 e. The predicted octanol–water partition coefficient (Wildman–Crippen LogP) is 3.65. The summed E-state index contributed by atoms with van der Waals surface area (Å²) in [6.07, 6.45) is 0.825. The summed E-state index contributed by atoms with van der Waals surface area (Å²) < 4.78 is 1.58. The summed E-state index contributed by atoms with van der Waals surface area (Å²) in [5.41, 5.74) is 4.29. The highest BCUT2D eigenvalue weighted by atomic mass is 32.1. The standard InChI is InChI=1S/C18H14N4OS/c1-3-15-20-13(9-24-15)16-10(2)11(8-19)17-21-12-6-4-5-7-14(12)22(17)18(16)23/h4-7,9,21H,3H2,1-2H3. The molecular formula is C18H14N4OS. The maximum Gasteiger partial charge on any atom is 0.266 e. The number of hydrogen-bond donors (Lipinski definition) is 1. The van der Waals surface area contributed by atoms with E-state index < -0.39 is 0 Å². The molecule has 6 heteroatoms. The minimum absolute atomic E-state index is 0.146. The molecule has 4 aromatic rings. The van der Waals surface area contributed by atoms with Crippen molar-refractivity contribution in [3.63, 3.8) is 0 Å². The third kappa shape index (κ3) is 1.92. The Labute approximate surface area is 141 Å². The first-order valence-corrected chi connectivity index (χ1v) is 8.54. The fraction of sp³-hybridized carbons (Fsp3) is 0.167. The van der Waals surface area contributed by atoms with Crippen molar-refractivity contribution in [1.82, 2.24) is 14.4 Å². The second-order valence-electron chi connectivity index (χ2n) is 5.60. The number of nitrogens with zero attached hydrogens (tertiary/aromatic N) is 3. The van der Waals surface area contributed by atoms with Crippen molar-refractivity contribution < 1.29 is 0 Å². The van der Waals surface area contributed by atoms with Crippen molar-refractivity contribution in [3.8, 4) is 17.3 Å². The highest BCUT2D eigenvalue weighted by Gasteiger charge is 2.20. The van der Waals surface area contributed by atoms with Gasteiger partial charge >= 0.3 is 0 Å². The number of imidazole rings is 1. The lowest BCUT2D eigenvalue weighted by molar-refractivity contribution is 1.08. The summed E-state index contributed by atoms with van der Waals surface area (Å²) in [5.74, 6) is 0. The SMILES string of the molecule is CCc1nc(-c2c(C)c(C#N)c3[nH]c4ccccc4n3c2=O)cs1. The average molecular weight is 334 g/mol. The first-order chi connectivity index (χ1) is 11.7. The molecule has 0 radical (unpaired) electrons. The quantitative estimate of drug-likeness (QED) is 0.608. The number of thiazole rings is 1. The van der Waals surface area contributed by atoms with Gasteiger partial charge in [0.05, 0.1) is 32.9 Å². The molecule has 0 aliphatic rings. The zero-order valence-electron chi connectivity index (χ0n) is 13.3. The molecule has 118 valence electrons. The predicted molar refractivity (Wildman–Crippen MR) is 95.5 cm³/mol. The normalized spacial score (nSPS) is 11.2. The number of para-hydroxylation sites is 2. The van der Waals surface area contributed by atoms with Gasteiger partial charge in [0.2, 0.25) is 0 Å². The monoisotopic (exact) mass is 334 g/mol. The van der Waals surface area contributed by atoms with Crippen LogP contribution < -0.4 is 5.56 Å². The molecule has 0 unspecified atom stereocenters. The Morgan fingerprint density at radius 3 is 2.88 bits per heavy atom. The highest BCUT2D eigenvalue weighted by molar-refractivity contribution is 7.09. The zero-order chi connectivity index (χ0) is 16.8. The molecule has 0 aliphatic heterocycles. The van der Waals surface area contributed by atoms with Gasteiger partial charge in [-0.25, -0.2) is 4.98 Å². The van der Waals surface area contributed by atoms with Crippen molar-refractivity contribution >= 4 is 28.0 Å². The Morgan fingerprint density at radius 1 is 1.38 bits per heavy atom. The van der Waals surface area contributed by atoms with E-state index in [2.05, 4.69) is 16.0 Å². The first-order valence-electron chi connectivity index (χ1n) is 7.66. The van der Waals surface area contributed by atoms with Crippen molar-refractivity contribution in [1.29, 1.82) is 5.26 Å². The van der Waals surface area contributed by atoms with Crippen LogP contribution in [0.1, 0.15) is 23.1 Å². The van der Waals surface area contributed by atoms with Crippen LogP contribution in [-0.2, 0) is 6.42 Å². The molecule has 0 saturated carbocycles. The molecule has 1 N–H and O–H groups in total. The number of nitrogens with one attached hydrogen (secondary N) is 1. The van der Waals surface area contributed by atoms with Crippen LogP contribution in [0.3, 0.4) is 0 Å². The molecule has 0 saturated heterocycles. The van der Waals surface area contributed by atoms with Crippen molar-refractivity contribution in [2.45, 2.75) is 20.3 Å². The minimum atomic E-state index is -0.146. The Bertz CT molecular complexity index is 1190. The van der Waals surface area contributed by atoms with E-state index in [1.165, 1.54) is 11.3 Å². The summed E-state index contributed by atoms with van der Waals surface area (Å²) in [6, 6.07) is 9.79. The topological polar surface area (TPSA) is 73.9 Å². The van der Waals surface area contributed by atoms with Gasteiger partial charge in [-0.05, 0) is 31.0 Å². The highest BCUT2D eigenvalue weighted by Crippen LogP contribution is 2.28. The lowest BCUT2D eigenvalue weighted by Crippen LogP contribution is -2.18. The zero-order valence-corrected chi connectivity index (χ0v) is 14.1.